The Morgan fingerprint density at radius 1 is 1.06 bits per heavy atom. The van der Waals surface area contributed by atoms with Crippen molar-refractivity contribution in [3.8, 4) is 11.8 Å². The molecule has 0 saturated carbocycles. The van der Waals surface area contributed by atoms with E-state index >= 15 is 0 Å². The topological polar surface area (TPSA) is 79.8 Å². The highest BCUT2D eigenvalue weighted by Gasteiger charge is 2.32. The number of hydrogen-bond acceptors (Lipinski definition) is 5. The number of allylic oxidation sites excluding steroid dienone is 1. The van der Waals surface area contributed by atoms with Crippen LogP contribution >= 0.6 is 0 Å². The molecule has 3 aromatic carbocycles. The number of aliphatic hydroxyl groups excluding tert-OH is 1. The summed E-state index contributed by atoms with van der Waals surface area (Å²) in [4.78, 5) is 6.32. The largest absolute Gasteiger partial charge is 0.504 e. The van der Waals surface area contributed by atoms with E-state index in [4.69, 9.17) is 0 Å². The Balaban J connectivity index is 1.80. The maximum Gasteiger partial charge on any atom is 0.165 e. The lowest BCUT2D eigenvalue weighted by molar-refractivity contribution is 0.103. The minimum Gasteiger partial charge on any atom is -0.504 e. The first kappa shape index (κ1) is 21.3. The standard InChI is InChI=1S/C26H22FN3O2/c1-17-23(20-10-5-9-19(15-20)16-28)26(32)30(14-13-18-7-3-2-4-8-18)25(29-17)21-11-6-12-22(27)24(21)31/h2-12,15,26,31-32H,13-14H2,1H3. The molecule has 2 N–H and O–H groups in total. The van der Waals surface area contributed by atoms with E-state index in [0.29, 0.717) is 41.2 Å². The number of para-hydroxylation sites is 1. The summed E-state index contributed by atoms with van der Waals surface area (Å²) in [5.74, 6) is -0.967. The maximum atomic E-state index is 14.1. The molecule has 0 spiro atoms. The van der Waals surface area contributed by atoms with Crippen LogP contribution in [0.15, 0.2) is 83.5 Å². The lowest BCUT2D eigenvalue weighted by Gasteiger charge is -2.36. The molecule has 0 fully saturated rings. The second kappa shape index (κ2) is 9.04. The van der Waals surface area contributed by atoms with Crippen LogP contribution in [0.25, 0.3) is 5.57 Å². The van der Waals surface area contributed by atoms with Crippen molar-refractivity contribution in [3.05, 3.63) is 107 Å². The van der Waals surface area contributed by atoms with Gasteiger partial charge in [-0.05, 0) is 48.7 Å². The van der Waals surface area contributed by atoms with E-state index < -0.39 is 17.8 Å². The Kier molecular flexibility index (Phi) is 6.02. The number of aromatic hydroxyl groups is 1. The highest BCUT2D eigenvalue weighted by molar-refractivity contribution is 6.04. The summed E-state index contributed by atoms with van der Waals surface area (Å²) >= 11 is 0. The molecule has 1 aliphatic heterocycles. The molecule has 1 aliphatic rings. The zero-order valence-electron chi connectivity index (χ0n) is 17.5. The van der Waals surface area contributed by atoms with Crippen LogP contribution in [-0.2, 0) is 6.42 Å². The van der Waals surface area contributed by atoms with Crippen LogP contribution in [0.3, 0.4) is 0 Å². The van der Waals surface area contributed by atoms with Gasteiger partial charge < -0.3 is 15.1 Å². The van der Waals surface area contributed by atoms with Crippen molar-refractivity contribution in [3.63, 3.8) is 0 Å². The van der Waals surface area contributed by atoms with E-state index in [9.17, 15) is 19.9 Å². The van der Waals surface area contributed by atoms with Crippen molar-refractivity contribution in [2.45, 2.75) is 19.6 Å². The molecule has 0 aliphatic carbocycles. The summed E-state index contributed by atoms with van der Waals surface area (Å²) in [5.41, 5.74) is 3.54. The van der Waals surface area contributed by atoms with Crippen LogP contribution in [-0.4, -0.2) is 33.7 Å². The Labute approximate surface area is 186 Å². The van der Waals surface area contributed by atoms with Crippen molar-refractivity contribution in [1.82, 2.24) is 4.90 Å². The predicted molar refractivity (Wildman–Crippen MR) is 121 cm³/mol. The fourth-order valence-corrected chi connectivity index (χ4v) is 3.89. The van der Waals surface area contributed by atoms with Crippen LogP contribution in [0.5, 0.6) is 5.75 Å². The van der Waals surface area contributed by atoms with Gasteiger partial charge in [0.05, 0.1) is 17.2 Å². The van der Waals surface area contributed by atoms with Gasteiger partial charge in [0, 0.05) is 17.8 Å². The number of aliphatic hydroxyl groups is 1. The fourth-order valence-electron chi connectivity index (χ4n) is 3.89. The Bertz CT molecular complexity index is 1250. The normalized spacial score (nSPS) is 16.0. The number of benzene rings is 3. The third-order valence-electron chi connectivity index (χ3n) is 5.50. The Morgan fingerprint density at radius 3 is 2.56 bits per heavy atom. The highest BCUT2D eigenvalue weighted by Crippen LogP contribution is 2.34. The fraction of sp³-hybridized carbons (Fsp3) is 0.154. The summed E-state index contributed by atoms with van der Waals surface area (Å²) in [6, 6.07) is 23.1. The first-order valence-electron chi connectivity index (χ1n) is 10.3. The van der Waals surface area contributed by atoms with Crippen molar-refractivity contribution in [2.75, 3.05) is 6.54 Å². The number of nitriles is 1. The third kappa shape index (κ3) is 4.11. The number of hydrogen-bond donors (Lipinski definition) is 2. The van der Waals surface area contributed by atoms with Crippen LogP contribution in [0, 0.1) is 17.1 Å². The second-order valence-corrected chi connectivity index (χ2v) is 7.57. The van der Waals surface area contributed by atoms with Crippen LogP contribution < -0.4 is 0 Å². The van der Waals surface area contributed by atoms with Gasteiger partial charge >= 0.3 is 0 Å². The average molecular weight is 427 g/mol. The van der Waals surface area contributed by atoms with E-state index in [1.165, 1.54) is 12.1 Å². The van der Waals surface area contributed by atoms with E-state index in [1.54, 1.807) is 36.1 Å². The molecule has 0 bridgehead atoms. The quantitative estimate of drug-likeness (QED) is 0.630. The number of aliphatic imine (C=N–C) groups is 1. The lowest BCUT2D eigenvalue weighted by atomic mass is 9.97. The van der Waals surface area contributed by atoms with Crippen molar-refractivity contribution >= 4 is 11.4 Å². The zero-order valence-corrected chi connectivity index (χ0v) is 17.5. The number of phenolic OH excluding ortho intramolecular Hbond substituents is 1. The van der Waals surface area contributed by atoms with Gasteiger partial charge in [0.25, 0.3) is 0 Å². The van der Waals surface area contributed by atoms with Crippen molar-refractivity contribution < 1.29 is 14.6 Å². The van der Waals surface area contributed by atoms with Gasteiger partial charge in [0.1, 0.15) is 5.84 Å². The van der Waals surface area contributed by atoms with E-state index in [-0.39, 0.29) is 5.56 Å². The van der Waals surface area contributed by atoms with Gasteiger partial charge in [-0.1, -0.05) is 48.5 Å². The van der Waals surface area contributed by atoms with Crippen LogP contribution in [0.1, 0.15) is 29.2 Å². The molecular weight excluding hydrogens is 405 g/mol. The third-order valence-corrected chi connectivity index (χ3v) is 5.50. The lowest BCUT2D eigenvalue weighted by Crippen LogP contribution is -2.45. The Morgan fingerprint density at radius 2 is 1.81 bits per heavy atom. The number of phenols is 1. The molecule has 1 heterocycles. The molecule has 3 aromatic rings. The summed E-state index contributed by atoms with van der Waals surface area (Å²) in [7, 11) is 0. The second-order valence-electron chi connectivity index (χ2n) is 7.57. The molecule has 0 radical (unpaired) electrons. The maximum absolute atomic E-state index is 14.1. The summed E-state index contributed by atoms with van der Waals surface area (Å²) < 4.78 is 14.1. The van der Waals surface area contributed by atoms with Crippen molar-refractivity contribution in [1.29, 1.82) is 5.26 Å². The van der Waals surface area contributed by atoms with Gasteiger partial charge in [0.2, 0.25) is 0 Å². The number of nitrogens with zero attached hydrogens (tertiary/aromatic N) is 3. The van der Waals surface area contributed by atoms with E-state index in [1.807, 2.05) is 36.4 Å². The minimum absolute atomic E-state index is 0.210. The predicted octanol–water partition coefficient (Wildman–Crippen LogP) is 4.46. The van der Waals surface area contributed by atoms with Gasteiger partial charge in [-0.3, -0.25) is 0 Å². The zero-order chi connectivity index (χ0) is 22.7. The molecule has 0 saturated heterocycles. The van der Waals surface area contributed by atoms with E-state index in [0.717, 1.165) is 5.56 Å². The first-order valence-corrected chi connectivity index (χ1v) is 10.3. The minimum atomic E-state index is -1.09. The Hall–Kier alpha value is -3.95. The molecule has 0 aromatic heterocycles. The molecule has 32 heavy (non-hydrogen) atoms. The molecule has 1 atom stereocenters. The van der Waals surface area contributed by atoms with Crippen LogP contribution in [0.2, 0.25) is 0 Å². The number of amidine groups is 1. The SMILES string of the molecule is CC1=C(c2cccc(C#N)c2)C(O)N(CCc2ccccc2)C(c2cccc(F)c2O)=N1. The smallest absolute Gasteiger partial charge is 0.165 e. The van der Waals surface area contributed by atoms with Gasteiger partial charge in [-0.2, -0.15) is 5.26 Å². The molecule has 6 heteroatoms. The number of rotatable bonds is 5. The molecule has 5 nitrogen and oxygen atoms in total. The highest BCUT2D eigenvalue weighted by atomic mass is 19.1. The average Bonchev–Trinajstić information content (AvgIpc) is 2.81. The molecule has 1 unspecified atom stereocenters. The first-order chi connectivity index (χ1) is 15.5. The van der Waals surface area contributed by atoms with Crippen LogP contribution in [0.4, 0.5) is 4.39 Å². The molecule has 0 amide bonds. The van der Waals surface area contributed by atoms with E-state index in [2.05, 4.69) is 11.1 Å². The summed E-state index contributed by atoms with van der Waals surface area (Å²) in [6.07, 6.45) is -0.486. The summed E-state index contributed by atoms with van der Waals surface area (Å²) in [5, 5.41) is 31.0. The van der Waals surface area contributed by atoms with Gasteiger partial charge in [-0.15, -0.1) is 0 Å². The molecule has 4 rings (SSSR count). The number of halogens is 1. The monoisotopic (exact) mass is 427 g/mol. The molecule has 160 valence electrons. The van der Waals surface area contributed by atoms with Crippen molar-refractivity contribution in [2.24, 2.45) is 4.99 Å². The summed E-state index contributed by atoms with van der Waals surface area (Å²) in [6.45, 7) is 2.14. The van der Waals surface area contributed by atoms with Gasteiger partial charge in [0.15, 0.2) is 17.8 Å². The molecular formula is C26H22FN3O2. The van der Waals surface area contributed by atoms with Gasteiger partial charge in [-0.25, -0.2) is 9.38 Å².